The summed E-state index contributed by atoms with van der Waals surface area (Å²) >= 11 is 0. The molecule has 4 nitrogen and oxygen atoms in total. The summed E-state index contributed by atoms with van der Waals surface area (Å²) in [6.07, 6.45) is 2.08. The van der Waals surface area contributed by atoms with Gasteiger partial charge in [0.1, 0.15) is 0 Å². The molecule has 0 heterocycles. The van der Waals surface area contributed by atoms with Crippen LogP contribution in [0.5, 0.6) is 0 Å². The number of urea groups is 1. The number of carbonyl (C=O) groups is 1. The number of benzene rings is 2. The highest BCUT2D eigenvalue weighted by Gasteiger charge is 2.31. The fourth-order valence-corrected chi connectivity index (χ4v) is 3.09. The lowest BCUT2D eigenvalue weighted by Crippen LogP contribution is -2.20. The van der Waals surface area contributed by atoms with Crippen molar-refractivity contribution in [2.75, 3.05) is 10.6 Å². The minimum Gasteiger partial charge on any atom is -0.308 e. The normalized spacial score (nSPS) is 14.0. The van der Waals surface area contributed by atoms with E-state index in [0.717, 1.165) is 37.0 Å². The van der Waals surface area contributed by atoms with E-state index in [0.29, 0.717) is 5.69 Å². The van der Waals surface area contributed by atoms with Crippen molar-refractivity contribution in [2.45, 2.75) is 31.9 Å². The van der Waals surface area contributed by atoms with E-state index in [9.17, 15) is 18.0 Å². The molecule has 0 fully saturated rings. The molecule has 0 aliphatic heterocycles. The number of amides is 2. The number of nitrogens with one attached hydrogen (secondary N) is 2. The molecule has 0 radical (unpaired) electrons. The van der Waals surface area contributed by atoms with Gasteiger partial charge in [-0.05, 0) is 67.2 Å². The lowest BCUT2D eigenvalue weighted by atomic mass is 9.94. The van der Waals surface area contributed by atoms with Crippen molar-refractivity contribution in [1.82, 2.24) is 0 Å². The molecular weight excluding hydrogens is 367 g/mol. The van der Waals surface area contributed by atoms with E-state index >= 15 is 0 Å². The van der Waals surface area contributed by atoms with Crippen molar-refractivity contribution in [1.29, 1.82) is 5.26 Å². The summed E-state index contributed by atoms with van der Waals surface area (Å²) in [5.41, 5.74) is 1.62. The molecule has 144 valence electrons. The zero-order valence-electron chi connectivity index (χ0n) is 14.9. The van der Waals surface area contributed by atoms with Crippen LogP contribution in [0.4, 0.5) is 29.3 Å². The van der Waals surface area contributed by atoms with E-state index in [1.165, 1.54) is 18.1 Å². The summed E-state index contributed by atoms with van der Waals surface area (Å²) < 4.78 is 38.8. The van der Waals surface area contributed by atoms with Gasteiger partial charge in [-0.3, -0.25) is 0 Å². The first-order chi connectivity index (χ1) is 13.3. The molecule has 0 saturated heterocycles. The first-order valence-electron chi connectivity index (χ1n) is 8.85. The van der Waals surface area contributed by atoms with Crippen molar-refractivity contribution in [3.63, 3.8) is 0 Å². The number of rotatable bonds is 3. The molecule has 1 aliphatic carbocycles. The second kappa shape index (κ2) is 8.17. The molecule has 1 aliphatic rings. The van der Waals surface area contributed by atoms with Gasteiger partial charge in [-0.1, -0.05) is 18.2 Å². The molecule has 0 atom stereocenters. The Labute approximate surface area is 160 Å². The zero-order chi connectivity index (χ0) is 20.1. The Kier molecular flexibility index (Phi) is 5.69. The van der Waals surface area contributed by atoms with Gasteiger partial charge < -0.3 is 10.6 Å². The summed E-state index contributed by atoms with van der Waals surface area (Å²) in [5, 5.41) is 13.8. The lowest BCUT2D eigenvalue weighted by molar-refractivity contribution is -0.137. The lowest BCUT2D eigenvalue weighted by Gasteiger charge is -2.14. The molecule has 7 heteroatoms. The second-order valence-electron chi connectivity index (χ2n) is 6.54. The van der Waals surface area contributed by atoms with E-state index in [-0.39, 0.29) is 11.3 Å². The van der Waals surface area contributed by atoms with Gasteiger partial charge >= 0.3 is 12.2 Å². The Bertz CT molecular complexity index is 941. The average Bonchev–Trinajstić information content (AvgIpc) is 2.68. The van der Waals surface area contributed by atoms with Gasteiger partial charge in [-0.25, -0.2) is 4.79 Å². The summed E-state index contributed by atoms with van der Waals surface area (Å²) in [4.78, 5) is 12.1. The molecule has 2 amide bonds. The average molecular weight is 385 g/mol. The largest absolute Gasteiger partial charge is 0.416 e. The molecular formula is C21H18F3N3O. The Balaban J connectivity index is 1.69. The van der Waals surface area contributed by atoms with E-state index in [1.807, 2.05) is 12.1 Å². The number of carbonyl (C=O) groups excluding carboxylic acids is 1. The number of nitriles is 1. The quantitative estimate of drug-likeness (QED) is 0.663. The summed E-state index contributed by atoms with van der Waals surface area (Å²) in [5.74, 6) is 0. The van der Waals surface area contributed by atoms with E-state index in [4.69, 9.17) is 5.26 Å². The van der Waals surface area contributed by atoms with Gasteiger partial charge in [0, 0.05) is 11.4 Å². The number of hydrogen-bond acceptors (Lipinski definition) is 2. The molecule has 2 aromatic rings. The third-order valence-corrected chi connectivity index (χ3v) is 4.45. The minimum absolute atomic E-state index is 0.104. The molecule has 0 saturated carbocycles. The van der Waals surface area contributed by atoms with Crippen LogP contribution in [-0.2, 0) is 6.18 Å². The molecule has 2 aromatic carbocycles. The molecule has 0 spiro atoms. The number of anilines is 2. The van der Waals surface area contributed by atoms with Crippen molar-refractivity contribution in [2.24, 2.45) is 0 Å². The third kappa shape index (κ3) is 4.92. The summed E-state index contributed by atoms with van der Waals surface area (Å²) in [6, 6.07) is 11.0. The number of allylic oxidation sites excluding steroid dienone is 2. The van der Waals surface area contributed by atoms with Crippen LogP contribution in [0.25, 0.3) is 5.57 Å². The van der Waals surface area contributed by atoms with Crippen LogP contribution in [0.2, 0.25) is 0 Å². The summed E-state index contributed by atoms with van der Waals surface area (Å²) in [6.45, 7) is 0. The number of alkyl halides is 3. The maximum Gasteiger partial charge on any atom is 0.416 e. The van der Waals surface area contributed by atoms with Crippen LogP contribution in [0, 0.1) is 11.3 Å². The van der Waals surface area contributed by atoms with Gasteiger partial charge in [0.2, 0.25) is 0 Å². The van der Waals surface area contributed by atoms with Crippen LogP contribution >= 0.6 is 0 Å². The standard InChI is InChI=1S/C21H18F3N3O/c22-21(23,24)17-10-14(13-25)11-19(12-17)27-20(28)26-18-8-6-16(7-9-18)15-4-2-1-3-5-15/h4,6-12H,1-3,5H2,(H2,26,27,28). The molecule has 0 aromatic heterocycles. The molecule has 0 bridgehead atoms. The van der Waals surface area contributed by atoms with Crippen LogP contribution < -0.4 is 10.6 Å². The highest BCUT2D eigenvalue weighted by Crippen LogP contribution is 2.32. The Morgan fingerprint density at radius 2 is 1.71 bits per heavy atom. The maximum atomic E-state index is 12.9. The van der Waals surface area contributed by atoms with Gasteiger partial charge in [-0.2, -0.15) is 18.4 Å². The molecule has 28 heavy (non-hydrogen) atoms. The SMILES string of the molecule is N#Cc1cc(NC(=O)Nc2ccc(C3=CCCCC3)cc2)cc(C(F)(F)F)c1. The number of nitrogens with zero attached hydrogens (tertiary/aromatic N) is 1. The monoisotopic (exact) mass is 385 g/mol. The number of halogens is 3. The van der Waals surface area contributed by atoms with Gasteiger partial charge in [0.25, 0.3) is 0 Å². The summed E-state index contributed by atoms with van der Waals surface area (Å²) in [7, 11) is 0. The molecule has 0 unspecified atom stereocenters. The highest BCUT2D eigenvalue weighted by atomic mass is 19.4. The van der Waals surface area contributed by atoms with Crippen molar-refractivity contribution < 1.29 is 18.0 Å². The zero-order valence-corrected chi connectivity index (χ0v) is 14.9. The predicted octanol–water partition coefficient (Wildman–Crippen LogP) is 6.18. The van der Waals surface area contributed by atoms with E-state index in [2.05, 4.69) is 16.7 Å². The van der Waals surface area contributed by atoms with Crippen LogP contribution in [0.3, 0.4) is 0 Å². The predicted molar refractivity (Wildman–Crippen MR) is 102 cm³/mol. The first-order valence-corrected chi connectivity index (χ1v) is 8.85. The van der Waals surface area contributed by atoms with E-state index in [1.54, 1.807) is 18.2 Å². The fourth-order valence-electron chi connectivity index (χ4n) is 3.09. The highest BCUT2D eigenvalue weighted by molar-refractivity contribution is 6.00. The smallest absolute Gasteiger partial charge is 0.308 e. The Morgan fingerprint density at radius 1 is 1.00 bits per heavy atom. The first kappa shape index (κ1) is 19.5. The van der Waals surface area contributed by atoms with E-state index < -0.39 is 17.8 Å². The molecule has 3 rings (SSSR count). The Hall–Kier alpha value is -3.27. The van der Waals surface area contributed by atoms with Gasteiger partial charge in [-0.15, -0.1) is 0 Å². The number of hydrogen-bond donors (Lipinski definition) is 2. The minimum atomic E-state index is -4.61. The van der Waals surface area contributed by atoms with Crippen molar-refractivity contribution in [3.8, 4) is 6.07 Å². The van der Waals surface area contributed by atoms with Crippen LogP contribution in [0.15, 0.2) is 48.5 Å². The van der Waals surface area contributed by atoms with Gasteiger partial charge in [0.15, 0.2) is 0 Å². The van der Waals surface area contributed by atoms with Crippen molar-refractivity contribution >= 4 is 23.0 Å². The van der Waals surface area contributed by atoms with Crippen molar-refractivity contribution in [3.05, 3.63) is 65.2 Å². The topological polar surface area (TPSA) is 64.9 Å². The third-order valence-electron chi connectivity index (χ3n) is 4.45. The Morgan fingerprint density at radius 3 is 2.32 bits per heavy atom. The van der Waals surface area contributed by atoms with Crippen LogP contribution in [-0.4, -0.2) is 6.03 Å². The van der Waals surface area contributed by atoms with Crippen LogP contribution in [0.1, 0.15) is 42.4 Å². The van der Waals surface area contributed by atoms with Gasteiger partial charge in [0.05, 0.1) is 17.2 Å². The molecule has 2 N–H and O–H groups in total. The fraction of sp³-hybridized carbons (Fsp3) is 0.238. The second-order valence-corrected chi connectivity index (χ2v) is 6.54. The maximum absolute atomic E-state index is 12.9.